The molecule has 1 aromatic rings. The molecule has 0 saturated heterocycles. The lowest BCUT2D eigenvalue weighted by Crippen LogP contribution is -2.27. The zero-order valence-corrected chi connectivity index (χ0v) is 14.4. The van der Waals surface area contributed by atoms with Crippen molar-refractivity contribution in [1.29, 1.82) is 0 Å². The maximum atomic E-state index is 12.5. The van der Waals surface area contributed by atoms with Gasteiger partial charge in [0.15, 0.2) is 0 Å². The van der Waals surface area contributed by atoms with Gasteiger partial charge in [-0.1, -0.05) is 18.6 Å². The summed E-state index contributed by atoms with van der Waals surface area (Å²) in [6.45, 7) is 0.507. The zero-order chi connectivity index (χ0) is 16.2. The molecule has 1 N–H and O–H groups in total. The first-order valence-corrected chi connectivity index (χ1v) is 9.88. The van der Waals surface area contributed by atoms with Gasteiger partial charge in [0.2, 0.25) is 5.91 Å². The highest BCUT2D eigenvalue weighted by molar-refractivity contribution is 7.84. The van der Waals surface area contributed by atoms with Gasteiger partial charge in [0.05, 0.1) is 6.61 Å². The number of carbonyl (C=O) groups is 1. The van der Waals surface area contributed by atoms with E-state index in [1.54, 1.807) is 7.11 Å². The number of rotatable bonds is 7. The van der Waals surface area contributed by atoms with Crippen molar-refractivity contribution in [2.24, 2.45) is 17.8 Å². The fraction of sp³-hybridized carbons (Fsp3) is 0.611. The molecule has 2 bridgehead atoms. The standard InChI is InChI=1S/C18H25NO3S/c1-22-7-8-23(21)12-14-3-2-4-16(10-14)19-18(20)17-11-13-5-6-15(17)9-13/h2-4,10,13,15,17H,5-9,11-12H2,1H3,(H,19,20)/t13-,15-,17-,23+/m0/s1. The molecule has 4 nitrogen and oxygen atoms in total. The number of nitrogens with one attached hydrogen (secondary N) is 1. The summed E-state index contributed by atoms with van der Waals surface area (Å²) in [6, 6.07) is 7.72. The highest BCUT2D eigenvalue weighted by Gasteiger charge is 2.42. The number of benzene rings is 1. The van der Waals surface area contributed by atoms with E-state index in [2.05, 4.69) is 5.32 Å². The lowest BCUT2D eigenvalue weighted by atomic mass is 9.88. The number of hydrogen-bond acceptors (Lipinski definition) is 3. The van der Waals surface area contributed by atoms with Crippen molar-refractivity contribution in [3.05, 3.63) is 29.8 Å². The largest absolute Gasteiger partial charge is 0.384 e. The summed E-state index contributed by atoms with van der Waals surface area (Å²) in [5.41, 5.74) is 1.81. The quantitative estimate of drug-likeness (QED) is 0.833. The minimum atomic E-state index is -0.933. The Labute approximate surface area is 140 Å². The van der Waals surface area contributed by atoms with Gasteiger partial charge < -0.3 is 10.1 Å². The smallest absolute Gasteiger partial charge is 0.227 e. The molecule has 2 fully saturated rings. The van der Waals surface area contributed by atoms with E-state index in [-0.39, 0.29) is 11.8 Å². The third kappa shape index (κ3) is 4.21. The topological polar surface area (TPSA) is 55.4 Å². The van der Waals surface area contributed by atoms with Crippen LogP contribution in [0.4, 0.5) is 5.69 Å². The molecular formula is C18H25NO3S. The molecule has 0 radical (unpaired) electrons. The van der Waals surface area contributed by atoms with Gasteiger partial charge in [-0.15, -0.1) is 0 Å². The lowest BCUT2D eigenvalue weighted by Gasteiger charge is -2.21. The van der Waals surface area contributed by atoms with Gasteiger partial charge >= 0.3 is 0 Å². The number of carbonyl (C=O) groups excluding carboxylic acids is 1. The fourth-order valence-corrected chi connectivity index (χ4v) is 5.02. The number of fused-ring (bicyclic) bond motifs is 2. The second-order valence-electron chi connectivity index (χ2n) is 6.75. The van der Waals surface area contributed by atoms with Crippen molar-refractivity contribution in [3.63, 3.8) is 0 Å². The first kappa shape index (κ1) is 16.7. The van der Waals surface area contributed by atoms with Crippen LogP contribution in [-0.4, -0.2) is 29.6 Å². The third-order valence-corrected chi connectivity index (χ3v) is 6.39. The number of amides is 1. The molecule has 4 atom stereocenters. The van der Waals surface area contributed by atoms with Crippen LogP contribution in [0, 0.1) is 17.8 Å². The molecule has 3 rings (SSSR count). The molecule has 5 heteroatoms. The third-order valence-electron chi connectivity index (χ3n) is 5.11. The van der Waals surface area contributed by atoms with Crippen LogP contribution < -0.4 is 5.32 Å². The Balaban J connectivity index is 1.57. The molecule has 1 aromatic carbocycles. The molecule has 2 aliphatic carbocycles. The van der Waals surface area contributed by atoms with E-state index >= 15 is 0 Å². The Bertz CT molecular complexity index is 589. The molecule has 0 unspecified atom stereocenters. The Hall–Kier alpha value is -1.20. The van der Waals surface area contributed by atoms with Gasteiger partial charge in [-0.3, -0.25) is 9.00 Å². The minimum absolute atomic E-state index is 0.162. The Morgan fingerprint density at radius 2 is 2.22 bits per heavy atom. The molecule has 1 amide bonds. The van der Waals surface area contributed by atoms with Crippen LogP contribution in [0.25, 0.3) is 0 Å². The molecule has 0 heterocycles. The van der Waals surface area contributed by atoms with Crippen LogP contribution >= 0.6 is 0 Å². The van der Waals surface area contributed by atoms with Crippen molar-refractivity contribution in [2.45, 2.75) is 31.4 Å². The maximum absolute atomic E-state index is 12.5. The first-order valence-electron chi connectivity index (χ1n) is 8.39. The van der Waals surface area contributed by atoms with Crippen molar-refractivity contribution >= 4 is 22.4 Å². The Morgan fingerprint density at radius 3 is 2.91 bits per heavy atom. The predicted octanol–water partition coefficient (Wildman–Crippen LogP) is 2.96. The molecule has 2 aliphatic rings. The molecular weight excluding hydrogens is 310 g/mol. The molecule has 0 aromatic heterocycles. The fourth-order valence-electron chi connectivity index (χ4n) is 3.97. The van der Waals surface area contributed by atoms with E-state index < -0.39 is 10.8 Å². The van der Waals surface area contributed by atoms with Gasteiger partial charge in [0, 0.05) is 41.0 Å². The second-order valence-corrected chi connectivity index (χ2v) is 8.33. The SMILES string of the molecule is COCC[S@@](=O)Cc1cccc(NC(=O)[C@H]2C[C@H]3CC[C@H]2C3)c1. The van der Waals surface area contributed by atoms with Crippen molar-refractivity contribution in [2.75, 3.05) is 24.8 Å². The molecule has 0 spiro atoms. The van der Waals surface area contributed by atoms with Crippen molar-refractivity contribution < 1.29 is 13.7 Å². The minimum Gasteiger partial charge on any atom is -0.384 e. The lowest BCUT2D eigenvalue weighted by molar-refractivity contribution is -0.121. The summed E-state index contributed by atoms with van der Waals surface area (Å²) >= 11 is 0. The van der Waals surface area contributed by atoms with Crippen LogP contribution in [-0.2, 0) is 26.1 Å². The van der Waals surface area contributed by atoms with E-state index in [1.807, 2.05) is 24.3 Å². The van der Waals surface area contributed by atoms with E-state index in [9.17, 15) is 9.00 Å². The Kier molecular flexibility index (Phi) is 5.49. The molecule has 23 heavy (non-hydrogen) atoms. The second kappa shape index (κ2) is 7.58. The summed E-state index contributed by atoms with van der Waals surface area (Å²) in [6.07, 6.45) is 4.80. The highest BCUT2D eigenvalue weighted by Crippen LogP contribution is 2.48. The number of ether oxygens (including phenoxy) is 1. The first-order chi connectivity index (χ1) is 11.2. The van der Waals surface area contributed by atoms with E-state index in [1.165, 1.54) is 19.3 Å². The molecule has 2 saturated carbocycles. The van der Waals surface area contributed by atoms with E-state index in [4.69, 9.17) is 4.74 Å². The number of methoxy groups -OCH3 is 1. The molecule has 126 valence electrons. The van der Waals surface area contributed by atoms with E-state index in [0.717, 1.165) is 23.6 Å². The van der Waals surface area contributed by atoms with Gasteiger partial charge in [-0.25, -0.2) is 0 Å². The van der Waals surface area contributed by atoms with Crippen molar-refractivity contribution in [3.8, 4) is 0 Å². The van der Waals surface area contributed by atoms with Gasteiger partial charge in [0.25, 0.3) is 0 Å². The van der Waals surface area contributed by atoms with Crippen LogP contribution in [0.1, 0.15) is 31.2 Å². The number of hydrogen-bond donors (Lipinski definition) is 1. The van der Waals surface area contributed by atoms with Crippen LogP contribution in [0.3, 0.4) is 0 Å². The summed E-state index contributed by atoms with van der Waals surface area (Å²) in [7, 11) is 0.681. The maximum Gasteiger partial charge on any atom is 0.227 e. The summed E-state index contributed by atoms with van der Waals surface area (Å²) in [5.74, 6) is 2.75. The summed E-state index contributed by atoms with van der Waals surface area (Å²) in [5, 5.41) is 3.06. The average Bonchev–Trinajstić information content (AvgIpc) is 3.16. The van der Waals surface area contributed by atoms with Crippen molar-refractivity contribution in [1.82, 2.24) is 0 Å². The average molecular weight is 335 g/mol. The van der Waals surface area contributed by atoms with Gasteiger partial charge in [-0.05, 0) is 48.8 Å². The van der Waals surface area contributed by atoms with Gasteiger partial charge in [-0.2, -0.15) is 0 Å². The van der Waals surface area contributed by atoms with Gasteiger partial charge in [0.1, 0.15) is 0 Å². The Morgan fingerprint density at radius 1 is 1.35 bits per heavy atom. The zero-order valence-electron chi connectivity index (χ0n) is 13.6. The van der Waals surface area contributed by atoms with Crippen LogP contribution in [0.5, 0.6) is 0 Å². The summed E-state index contributed by atoms with van der Waals surface area (Å²) < 4.78 is 16.9. The number of anilines is 1. The predicted molar refractivity (Wildman–Crippen MR) is 92.6 cm³/mol. The molecule has 0 aliphatic heterocycles. The van der Waals surface area contributed by atoms with Crippen LogP contribution in [0.15, 0.2) is 24.3 Å². The monoisotopic (exact) mass is 335 g/mol. The highest BCUT2D eigenvalue weighted by atomic mass is 32.2. The summed E-state index contributed by atoms with van der Waals surface area (Å²) in [4.78, 5) is 12.5. The van der Waals surface area contributed by atoms with Crippen LogP contribution in [0.2, 0.25) is 0 Å². The van der Waals surface area contributed by atoms with E-state index in [0.29, 0.717) is 24.0 Å². The normalized spacial score (nSPS) is 27.1.